The standard InChI is InChI=1S/C12H13N5O2/c13-11(16-19)7-14-12(18)9-6-15-17(8-9)10-4-2-1-3-5-10/h1-6,8,19H,7H2,(H2,13,16)(H,14,18). The van der Waals surface area contributed by atoms with Crippen LogP contribution in [0.25, 0.3) is 5.69 Å². The van der Waals surface area contributed by atoms with Crippen molar-refractivity contribution in [3.05, 3.63) is 48.3 Å². The molecule has 0 saturated carbocycles. The minimum absolute atomic E-state index is 0.0220. The van der Waals surface area contributed by atoms with Crippen molar-refractivity contribution in [2.45, 2.75) is 0 Å². The Bertz CT molecular complexity index is 591. The molecule has 1 aromatic heterocycles. The number of carbonyl (C=O) groups excluding carboxylic acids is 1. The smallest absolute Gasteiger partial charge is 0.254 e. The summed E-state index contributed by atoms with van der Waals surface area (Å²) in [6.07, 6.45) is 3.06. The van der Waals surface area contributed by atoms with Crippen molar-refractivity contribution >= 4 is 11.7 Å². The number of amidine groups is 1. The van der Waals surface area contributed by atoms with Gasteiger partial charge in [0, 0.05) is 6.20 Å². The molecule has 98 valence electrons. The second-order valence-corrected chi connectivity index (χ2v) is 3.78. The van der Waals surface area contributed by atoms with Gasteiger partial charge in [0.1, 0.15) is 0 Å². The number of nitrogens with zero attached hydrogens (tertiary/aromatic N) is 3. The van der Waals surface area contributed by atoms with Crippen LogP contribution < -0.4 is 11.1 Å². The highest BCUT2D eigenvalue weighted by molar-refractivity contribution is 5.96. The summed E-state index contributed by atoms with van der Waals surface area (Å²) in [7, 11) is 0. The lowest BCUT2D eigenvalue weighted by Crippen LogP contribution is -2.33. The summed E-state index contributed by atoms with van der Waals surface area (Å²) in [5, 5.41) is 17.7. The first kappa shape index (κ1) is 12.6. The highest BCUT2D eigenvalue weighted by atomic mass is 16.4. The van der Waals surface area contributed by atoms with Crippen LogP contribution in [0.15, 0.2) is 47.9 Å². The molecule has 0 aliphatic rings. The van der Waals surface area contributed by atoms with Gasteiger partial charge in [-0.3, -0.25) is 4.79 Å². The molecule has 0 saturated heterocycles. The fraction of sp³-hybridized carbons (Fsp3) is 0.0833. The van der Waals surface area contributed by atoms with Crippen molar-refractivity contribution in [2.24, 2.45) is 10.9 Å². The zero-order valence-electron chi connectivity index (χ0n) is 10.0. The molecule has 0 bridgehead atoms. The van der Waals surface area contributed by atoms with E-state index in [1.54, 1.807) is 10.9 Å². The average molecular weight is 259 g/mol. The molecule has 0 spiro atoms. The van der Waals surface area contributed by atoms with Crippen molar-refractivity contribution in [3.63, 3.8) is 0 Å². The monoisotopic (exact) mass is 259 g/mol. The van der Waals surface area contributed by atoms with Crippen molar-refractivity contribution < 1.29 is 10.0 Å². The molecular weight excluding hydrogens is 246 g/mol. The van der Waals surface area contributed by atoms with E-state index in [1.807, 2.05) is 30.3 Å². The van der Waals surface area contributed by atoms with Crippen LogP contribution in [0.4, 0.5) is 0 Å². The lowest BCUT2D eigenvalue weighted by Gasteiger charge is -2.01. The first-order chi connectivity index (χ1) is 9.20. The van der Waals surface area contributed by atoms with Crippen molar-refractivity contribution in [1.29, 1.82) is 0 Å². The van der Waals surface area contributed by atoms with Gasteiger partial charge in [-0.25, -0.2) is 4.68 Å². The number of nitrogens with two attached hydrogens (primary N) is 1. The topological polar surface area (TPSA) is 106 Å². The van der Waals surface area contributed by atoms with Gasteiger partial charge in [-0.1, -0.05) is 23.4 Å². The average Bonchev–Trinajstić information content (AvgIpc) is 2.95. The zero-order valence-corrected chi connectivity index (χ0v) is 10.0. The third-order valence-corrected chi connectivity index (χ3v) is 2.42. The third kappa shape index (κ3) is 3.09. The van der Waals surface area contributed by atoms with E-state index in [2.05, 4.69) is 15.6 Å². The Morgan fingerprint density at radius 2 is 2.16 bits per heavy atom. The number of rotatable bonds is 4. The maximum absolute atomic E-state index is 11.8. The Morgan fingerprint density at radius 3 is 2.84 bits per heavy atom. The molecule has 0 aliphatic heterocycles. The maximum Gasteiger partial charge on any atom is 0.254 e. The summed E-state index contributed by atoms with van der Waals surface area (Å²) in [6, 6.07) is 9.43. The zero-order chi connectivity index (χ0) is 13.7. The van der Waals surface area contributed by atoms with Gasteiger partial charge in [0.25, 0.3) is 5.91 Å². The van der Waals surface area contributed by atoms with E-state index in [4.69, 9.17) is 10.9 Å². The Balaban J connectivity index is 2.07. The molecule has 1 heterocycles. The molecule has 2 rings (SSSR count). The molecule has 4 N–H and O–H groups in total. The first-order valence-corrected chi connectivity index (χ1v) is 5.55. The second kappa shape index (κ2) is 5.67. The quantitative estimate of drug-likeness (QED) is 0.319. The number of carbonyl (C=O) groups is 1. The SMILES string of the molecule is N/C(CNC(=O)c1cnn(-c2ccccc2)c1)=N\O. The van der Waals surface area contributed by atoms with Crippen molar-refractivity contribution in [3.8, 4) is 5.69 Å². The highest BCUT2D eigenvalue weighted by Crippen LogP contribution is 2.07. The lowest BCUT2D eigenvalue weighted by molar-refractivity contribution is 0.0959. The molecule has 1 aromatic carbocycles. The molecule has 0 aliphatic carbocycles. The number of aromatic nitrogens is 2. The summed E-state index contributed by atoms with van der Waals surface area (Å²) in [4.78, 5) is 11.8. The van der Waals surface area contributed by atoms with Crippen LogP contribution in [0.5, 0.6) is 0 Å². The van der Waals surface area contributed by atoms with E-state index < -0.39 is 0 Å². The van der Waals surface area contributed by atoms with Gasteiger partial charge in [0.2, 0.25) is 0 Å². The van der Waals surface area contributed by atoms with Crippen LogP contribution in [-0.2, 0) is 0 Å². The van der Waals surface area contributed by atoms with Crippen LogP contribution in [-0.4, -0.2) is 33.3 Å². The van der Waals surface area contributed by atoms with E-state index in [9.17, 15) is 4.79 Å². The number of amides is 1. The molecule has 19 heavy (non-hydrogen) atoms. The molecular formula is C12H13N5O2. The van der Waals surface area contributed by atoms with E-state index >= 15 is 0 Å². The molecule has 7 heteroatoms. The van der Waals surface area contributed by atoms with Crippen LogP contribution >= 0.6 is 0 Å². The second-order valence-electron chi connectivity index (χ2n) is 3.78. The van der Waals surface area contributed by atoms with Gasteiger partial charge >= 0.3 is 0 Å². The summed E-state index contributed by atoms with van der Waals surface area (Å²) in [5.41, 5.74) is 6.52. The van der Waals surface area contributed by atoms with Crippen molar-refractivity contribution in [1.82, 2.24) is 15.1 Å². The van der Waals surface area contributed by atoms with E-state index in [-0.39, 0.29) is 18.3 Å². The molecule has 0 fully saturated rings. The van der Waals surface area contributed by atoms with Crippen LogP contribution in [0, 0.1) is 0 Å². The fourth-order valence-corrected chi connectivity index (χ4v) is 1.47. The summed E-state index contributed by atoms with van der Waals surface area (Å²) >= 11 is 0. The third-order valence-electron chi connectivity index (χ3n) is 2.42. The Kier molecular flexibility index (Phi) is 3.77. The number of benzene rings is 1. The van der Waals surface area contributed by atoms with Gasteiger partial charge in [-0.2, -0.15) is 5.10 Å². The van der Waals surface area contributed by atoms with Crippen molar-refractivity contribution in [2.75, 3.05) is 6.54 Å². The lowest BCUT2D eigenvalue weighted by atomic mass is 10.3. The summed E-state index contributed by atoms with van der Waals surface area (Å²) in [6.45, 7) is -0.0220. The Morgan fingerprint density at radius 1 is 1.42 bits per heavy atom. The summed E-state index contributed by atoms with van der Waals surface area (Å²) in [5.74, 6) is -0.405. The number of nitrogens with one attached hydrogen (secondary N) is 1. The molecule has 0 radical (unpaired) electrons. The molecule has 0 unspecified atom stereocenters. The predicted molar refractivity (Wildman–Crippen MR) is 69.3 cm³/mol. The van der Waals surface area contributed by atoms with E-state index in [0.29, 0.717) is 5.56 Å². The fourth-order valence-electron chi connectivity index (χ4n) is 1.47. The highest BCUT2D eigenvalue weighted by Gasteiger charge is 2.09. The first-order valence-electron chi connectivity index (χ1n) is 5.55. The van der Waals surface area contributed by atoms with Crippen LogP contribution in [0.3, 0.4) is 0 Å². The van der Waals surface area contributed by atoms with Gasteiger partial charge in [-0.05, 0) is 12.1 Å². The van der Waals surface area contributed by atoms with Gasteiger partial charge in [0.15, 0.2) is 5.84 Å². The van der Waals surface area contributed by atoms with Gasteiger partial charge in [0.05, 0.1) is 24.0 Å². The summed E-state index contributed by atoms with van der Waals surface area (Å²) < 4.78 is 1.60. The number of para-hydroxylation sites is 1. The maximum atomic E-state index is 11.8. The van der Waals surface area contributed by atoms with Gasteiger partial charge < -0.3 is 16.3 Å². The largest absolute Gasteiger partial charge is 0.409 e. The van der Waals surface area contributed by atoms with Crippen LogP contribution in [0.1, 0.15) is 10.4 Å². The number of hydrogen-bond donors (Lipinski definition) is 3. The minimum atomic E-state index is -0.339. The number of oxime groups is 1. The Hall–Kier alpha value is -2.83. The molecule has 0 atom stereocenters. The van der Waals surface area contributed by atoms with Gasteiger partial charge in [-0.15, -0.1) is 0 Å². The van der Waals surface area contributed by atoms with E-state index in [1.165, 1.54) is 6.20 Å². The van der Waals surface area contributed by atoms with E-state index in [0.717, 1.165) is 5.69 Å². The predicted octanol–water partition coefficient (Wildman–Crippen LogP) is 0.348. The molecule has 1 amide bonds. The number of hydrogen-bond acceptors (Lipinski definition) is 4. The van der Waals surface area contributed by atoms with Crippen LogP contribution in [0.2, 0.25) is 0 Å². The Labute approximate surface area is 109 Å². The normalized spacial score (nSPS) is 11.3. The molecule has 7 nitrogen and oxygen atoms in total. The minimum Gasteiger partial charge on any atom is -0.409 e. The molecule has 2 aromatic rings.